The third-order valence-corrected chi connectivity index (χ3v) is 6.42. The number of sulfone groups is 1. The van der Waals surface area contributed by atoms with Crippen molar-refractivity contribution in [2.75, 3.05) is 11.5 Å². The quantitative estimate of drug-likeness (QED) is 0.921. The Morgan fingerprint density at radius 1 is 1.33 bits per heavy atom. The van der Waals surface area contributed by atoms with Crippen molar-refractivity contribution >= 4 is 27.3 Å². The summed E-state index contributed by atoms with van der Waals surface area (Å²) in [7, 11) is -2.91. The first kappa shape index (κ1) is 14.9. The largest absolute Gasteiger partial charge is 0.353 e. The van der Waals surface area contributed by atoms with Crippen LogP contribution in [-0.2, 0) is 14.6 Å². The molecular formula is C15H18ClNO3S. The van der Waals surface area contributed by atoms with E-state index < -0.39 is 9.84 Å². The topological polar surface area (TPSA) is 63.2 Å². The number of hydrogen-bond acceptors (Lipinski definition) is 3. The first-order valence-electron chi connectivity index (χ1n) is 7.19. The van der Waals surface area contributed by atoms with E-state index in [2.05, 4.69) is 5.32 Å². The zero-order chi connectivity index (χ0) is 15.0. The van der Waals surface area contributed by atoms with Crippen molar-refractivity contribution in [3.8, 4) is 0 Å². The lowest BCUT2D eigenvalue weighted by Crippen LogP contribution is -2.28. The molecule has 3 rings (SSSR count). The van der Waals surface area contributed by atoms with Crippen LogP contribution in [0.15, 0.2) is 24.3 Å². The summed E-state index contributed by atoms with van der Waals surface area (Å²) in [5.41, 5.74) is 1.08. The summed E-state index contributed by atoms with van der Waals surface area (Å²) in [6, 6.07) is 7.82. The molecule has 1 aliphatic carbocycles. The highest BCUT2D eigenvalue weighted by Crippen LogP contribution is 2.43. The molecule has 1 saturated heterocycles. The van der Waals surface area contributed by atoms with E-state index in [4.69, 9.17) is 11.6 Å². The minimum absolute atomic E-state index is 0.0208. The number of halogens is 1. The molecular weight excluding hydrogens is 310 g/mol. The lowest BCUT2D eigenvalue weighted by molar-refractivity contribution is -0.122. The van der Waals surface area contributed by atoms with Crippen LogP contribution in [0.25, 0.3) is 0 Å². The van der Waals surface area contributed by atoms with Crippen molar-refractivity contribution in [1.29, 1.82) is 0 Å². The first-order valence-corrected chi connectivity index (χ1v) is 9.39. The molecule has 1 aliphatic heterocycles. The van der Waals surface area contributed by atoms with Crippen LogP contribution in [0.2, 0.25) is 5.02 Å². The Morgan fingerprint density at radius 3 is 2.76 bits per heavy atom. The normalized spacial score (nSPS) is 30.0. The van der Waals surface area contributed by atoms with Crippen LogP contribution in [0.1, 0.15) is 30.7 Å². The van der Waals surface area contributed by atoms with E-state index >= 15 is 0 Å². The smallest absolute Gasteiger partial charge is 0.220 e. The highest BCUT2D eigenvalue weighted by atomic mass is 35.5. The van der Waals surface area contributed by atoms with Gasteiger partial charge in [0.15, 0.2) is 9.84 Å². The van der Waals surface area contributed by atoms with Gasteiger partial charge in [-0.25, -0.2) is 8.42 Å². The molecule has 2 fully saturated rings. The second-order valence-electron chi connectivity index (χ2n) is 6.01. The van der Waals surface area contributed by atoms with Crippen molar-refractivity contribution in [3.05, 3.63) is 34.9 Å². The molecule has 6 heteroatoms. The monoisotopic (exact) mass is 327 g/mol. The number of benzene rings is 1. The maximum absolute atomic E-state index is 12.0. The second-order valence-corrected chi connectivity index (χ2v) is 8.65. The van der Waals surface area contributed by atoms with Crippen LogP contribution in [0, 0.1) is 5.92 Å². The summed E-state index contributed by atoms with van der Waals surface area (Å²) in [6.45, 7) is 0. The fourth-order valence-corrected chi connectivity index (χ4v) is 5.17. The van der Waals surface area contributed by atoms with Crippen molar-refractivity contribution in [3.63, 3.8) is 0 Å². The minimum Gasteiger partial charge on any atom is -0.353 e. The van der Waals surface area contributed by atoms with E-state index in [1.165, 1.54) is 0 Å². The number of amides is 1. The predicted octanol–water partition coefficient (Wildman–Crippen LogP) is 2.14. The summed E-state index contributed by atoms with van der Waals surface area (Å²) in [5.74, 6) is 0.592. The van der Waals surface area contributed by atoms with Gasteiger partial charge in [-0.15, -0.1) is 0 Å². The molecule has 1 aromatic rings. The fourth-order valence-electron chi connectivity index (χ4n) is 3.03. The average Bonchev–Trinajstić information content (AvgIpc) is 3.06. The molecule has 2 aliphatic rings. The van der Waals surface area contributed by atoms with Crippen LogP contribution in [0.3, 0.4) is 0 Å². The standard InChI is InChI=1S/C15H18ClNO3S/c16-13-4-2-1-3-11(13)12-8-14(12)17-15(18)7-10-5-6-21(19,20)9-10/h1-4,10,12,14H,5-9H2,(H,17,18). The highest BCUT2D eigenvalue weighted by molar-refractivity contribution is 7.91. The van der Waals surface area contributed by atoms with Gasteiger partial charge in [0.1, 0.15) is 0 Å². The predicted molar refractivity (Wildman–Crippen MR) is 82.1 cm³/mol. The molecule has 0 spiro atoms. The van der Waals surface area contributed by atoms with Gasteiger partial charge in [0.05, 0.1) is 11.5 Å². The van der Waals surface area contributed by atoms with Crippen molar-refractivity contribution in [2.24, 2.45) is 5.92 Å². The summed E-state index contributed by atoms with van der Waals surface area (Å²) < 4.78 is 22.8. The first-order chi connectivity index (χ1) is 9.94. The van der Waals surface area contributed by atoms with Crippen LogP contribution in [-0.4, -0.2) is 31.9 Å². The van der Waals surface area contributed by atoms with Gasteiger partial charge in [0.25, 0.3) is 0 Å². The van der Waals surface area contributed by atoms with E-state index in [-0.39, 0.29) is 35.3 Å². The van der Waals surface area contributed by atoms with E-state index in [0.717, 1.165) is 17.0 Å². The van der Waals surface area contributed by atoms with Crippen LogP contribution in [0.5, 0.6) is 0 Å². The second kappa shape index (κ2) is 5.61. The SMILES string of the molecule is O=C(CC1CCS(=O)(=O)C1)NC1CC1c1ccccc1Cl. The Morgan fingerprint density at radius 2 is 2.10 bits per heavy atom. The molecule has 0 radical (unpaired) electrons. The van der Waals surface area contributed by atoms with Crippen molar-refractivity contribution < 1.29 is 13.2 Å². The van der Waals surface area contributed by atoms with Gasteiger partial charge >= 0.3 is 0 Å². The van der Waals surface area contributed by atoms with Crippen molar-refractivity contribution in [1.82, 2.24) is 5.32 Å². The number of rotatable bonds is 4. The van der Waals surface area contributed by atoms with E-state index in [9.17, 15) is 13.2 Å². The number of nitrogens with one attached hydrogen (secondary N) is 1. The molecule has 3 atom stereocenters. The molecule has 0 bridgehead atoms. The third kappa shape index (κ3) is 3.58. The zero-order valence-corrected chi connectivity index (χ0v) is 13.2. The molecule has 4 nitrogen and oxygen atoms in total. The van der Waals surface area contributed by atoms with Gasteiger partial charge in [-0.1, -0.05) is 29.8 Å². The minimum atomic E-state index is -2.91. The Bertz CT molecular complexity index is 659. The number of carbonyl (C=O) groups excluding carboxylic acids is 1. The Balaban J connectivity index is 1.50. The third-order valence-electron chi connectivity index (χ3n) is 4.24. The van der Waals surface area contributed by atoms with Crippen molar-refractivity contribution in [2.45, 2.75) is 31.2 Å². The summed E-state index contributed by atoms with van der Waals surface area (Å²) in [5, 5.41) is 3.73. The Labute approximate surface area is 129 Å². The van der Waals surface area contributed by atoms with Gasteiger partial charge in [0.2, 0.25) is 5.91 Å². The number of carbonyl (C=O) groups is 1. The molecule has 114 valence electrons. The van der Waals surface area contributed by atoms with Crippen LogP contribution >= 0.6 is 11.6 Å². The fraction of sp³-hybridized carbons (Fsp3) is 0.533. The van der Waals surface area contributed by atoms with Gasteiger partial charge < -0.3 is 5.32 Å². The van der Waals surface area contributed by atoms with E-state index in [1.807, 2.05) is 24.3 Å². The lowest BCUT2D eigenvalue weighted by Gasteiger charge is -2.09. The Hall–Kier alpha value is -1.07. The maximum atomic E-state index is 12.0. The molecule has 0 aromatic heterocycles. The van der Waals surface area contributed by atoms with Gasteiger partial charge in [0, 0.05) is 23.4 Å². The lowest BCUT2D eigenvalue weighted by atomic mass is 10.0. The van der Waals surface area contributed by atoms with E-state index in [1.54, 1.807) is 0 Å². The number of hydrogen-bond donors (Lipinski definition) is 1. The summed E-state index contributed by atoms with van der Waals surface area (Å²) in [6.07, 6.45) is 1.82. The van der Waals surface area contributed by atoms with Gasteiger partial charge in [-0.3, -0.25) is 4.79 Å². The molecule has 1 aromatic carbocycles. The molecule has 1 amide bonds. The summed E-state index contributed by atoms with van der Waals surface area (Å²) in [4.78, 5) is 12.0. The van der Waals surface area contributed by atoms with E-state index in [0.29, 0.717) is 12.8 Å². The Kier molecular flexibility index (Phi) is 3.97. The molecule has 1 N–H and O–H groups in total. The average molecular weight is 328 g/mol. The van der Waals surface area contributed by atoms with Gasteiger partial charge in [-0.05, 0) is 30.4 Å². The molecule has 1 saturated carbocycles. The summed E-state index contributed by atoms with van der Waals surface area (Å²) >= 11 is 6.15. The highest BCUT2D eigenvalue weighted by Gasteiger charge is 2.41. The van der Waals surface area contributed by atoms with Crippen LogP contribution in [0.4, 0.5) is 0 Å². The molecule has 1 heterocycles. The zero-order valence-electron chi connectivity index (χ0n) is 11.6. The maximum Gasteiger partial charge on any atom is 0.220 e. The van der Waals surface area contributed by atoms with Gasteiger partial charge in [-0.2, -0.15) is 0 Å². The molecule has 3 unspecified atom stereocenters. The van der Waals surface area contributed by atoms with Crippen LogP contribution < -0.4 is 5.32 Å². The molecule has 21 heavy (non-hydrogen) atoms.